The SMILES string of the molecule is CCCCCCCCCCCC/C=C\C(Sc1nc(C)c(CCC(=O)O)n1C)C(O)CCC(=O)O. The van der Waals surface area contributed by atoms with E-state index in [1.165, 1.54) is 69.5 Å². The van der Waals surface area contributed by atoms with E-state index < -0.39 is 18.0 Å². The van der Waals surface area contributed by atoms with Crippen LogP contribution in [-0.4, -0.2) is 48.2 Å². The molecule has 1 aromatic rings. The number of aliphatic hydroxyl groups excluding tert-OH is 1. The van der Waals surface area contributed by atoms with Gasteiger partial charge in [-0.3, -0.25) is 9.59 Å². The number of carboxylic acids is 2. The van der Waals surface area contributed by atoms with Crippen LogP contribution in [0.4, 0.5) is 0 Å². The molecule has 0 aromatic carbocycles. The van der Waals surface area contributed by atoms with E-state index in [2.05, 4.69) is 18.0 Å². The lowest BCUT2D eigenvalue weighted by Crippen LogP contribution is -2.22. The first-order valence-corrected chi connectivity index (χ1v) is 14.1. The van der Waals surface area contributed by atoms with Gasteiger partial charge in [0.25, 0.3) is 0 Å². The number of aliphatic carboxylic acids is 2. The number of nitrogens with zero attached hydrogens (tertiary/aromatic N) is 2. The van der Waals surface area contributed by atoms with E-state index in [1.807, 2.05) is 24.6 Å². The predicted molar refractivity (Wildman–Crippen MR) is 142 cm³/mol. The zero-order chi connectivity index (χ0) is 26.1. The van der Waals surface area contributed by atoms with Crippen LogP contribution in [0.15, 0.2) is 17.3 Å². The molecule has 200 valence electrons. The van der Waals surface area contributed by atoms with Crippen molar-refractivity contribution in [2.45, 2.75) is 127 Å². The van der Waals surface area contributed by atoms with Crippen molar-refractivity contribution in [2.24, 2.45) is 7.05 Å². The number of carbonyl (C=O) groups is 2. The second-order valence-corrected chi connectivity index (χ2v) is 10.5. The first kappa shape index (κ1) is 31.2. The van der Waals surface area contributed by atoms with Crippen LogP contribution in [0.1, 0.15) is 108 Å². The quantitative estimate of drug-likeness (QED) is 0.101. The standard InChI is InChI=1S/C27H46N2O5S/c1-4-5-6-7-8-9-10-11-12-13-14-15-16-24(23(30)18-20-26(33)34)35-27-28-21(2)22(29(27)3)17-19-25(31)32/h15-16,23-24,30H,4-14,17-20H2,1-3H3,(H,31,32)(H,33,34)/b16-15-. The Bertz CT molecular complexity index is 778. The highest BCUT2D eigenvalue weighted by molar-refractivity contribution is 8.00. The minimum absolute atomic E-state index is 0.0356. The third-order valence-electron chi connectivity index (χ3n) is 6.27. The number of hydrogen-bond donors (Lipinski definition) is 3. The average Bonchev–Trinajstić information content (AvgIpc) is 3.07. The van der Waals surface area contributed by atoms with Crippen molar-refractivity contribution in [1.29, 1.82) is 0 Å². The van der Waals surface area contributed by atoms with E-state index in [0.29, 0.717) is 11.6 Å². The van der Waals surface area contributed by atoms with Crippen LogP contribution >= 0.6 is 11.8 Å². The van der Waals surface area contributed by atoms with E-state index in [9.17, 15) is 14.7 Å². The molecule has 0 fully saturated rings. The monoisotopic (exact) mass is 510 g/mol. The number of rotatable bonds is 21. The molecule has 0 aliphatic carbocycles. The summed E-state index contributed by atoms with van der Waals surface area (Å²) in [6.07, 6.45) is 17.6. The molecule has 0 saturated heterocycles. The van der Waals surface area contributed by atoms with Gasteiger partial charge in [-0.1, -0.05) is 88.6 Å². The van der Waals surface area contributed by atoms with Crippen LogP contribution in [-0.2, 0) is 23.1 Å². The lowest BCUT2D eigenvalue weighted by atomic mass is 10.1. The number of aromatic nitrogens is 2. The fourth-order valence-electron chi connectivity index (χ4n) is 4.10. The van der Waals surface area contributed by atoms with Crippen molar-refractivity contribution in [3.8, 4) is 0 Å². The lowest BCUT2D eigenvalue weighted by molar-refractivity contribution is -0.138. The molecular formula is C27H46N2O5S. The summed E-state index contributed by atoms with van der Waals surface area (Å²) in [6.45, 7) is 4.10. The van der Waals surface area contributed by atoms with Crippen LogP contribution in [0.25, 0.3) is 0 Å². The highest BCUT2D eigenvalue weighted by atomic mass is 32.2. The highest BCUT2D eigenvalue weighted by Crippen LogP contribution is 2.29. The Balaban J connectivity index is 2.58. The van der Waals surface area contributed by atoms with E-state index in [0.717, 1.165) is 24.2 Å². The normalized spacial score (nSPS) is 13.4. The summed E-state index contributed by atoms with van der Waals surface area (Å²) in [6, 6.07) is 0. The molecule has 0 aliphatic heterocycles. The second kappa shape index (κ2) is 18.5. The van der Waals surface area contributed by atoms with Crippen LogP contribution in [0.2, 0.25) is 0 Å². The van der Waals surface area contributed by atoms with Gasteiger partial charge in [-0.15, -0.1) is 0 Å². The lowest BCUT2D eigenvalue weighted by Gasteiger charge is -2.19. The molecule has 0 radical (unpaired) electrons. The fraction of sp³-hybridized carbons (Fsp3) is 0.741. The third-order valence-corrected chi connectivity index (χ3v) is 7.59. The number of allylic oxidation sites excluding steroid dienone is 1. The molecule has 0 bridgehead atoms. The van der Waals surface area contributed by atoms with Crippen molar-refractivity contribution >= 4 is 23.7 Å². The Morgan fingerprint density at radius 3 is 2.11 bits per heavy atom. The minimum atomic E-state index is -0.925. The number of imidazole rings is 1. The first-order valence-electron chi connectivity index (χ1n) is 13.2. The summed E-state index contributed by atoms with van der Waals surface area (Å²) in [4.78, 5) is 26.5. The van der Waals surface area contributed by atoms with E-state index in [1.54, 1.807) is 0 Å². The molecule has 8 heteroatoms. The van der Waals surface area contributed by atoms with Crippen LogP contribution in [0.5, 0.6) is 0 Å². The number of hydrogen-bond acceptors (Lipinski definition) is 5. The van der Waals surface area contributed by atoms with Gasteiger partial charge in [-0.2, -0.15) is 0 Å². The van der Waals surface area contributed by atoms with Gasteiger partial charge < -0.3 is 19.9 Å². The zero-order valence-electron chi connectivity index (χ0n) is 21.9. The number of aryl methyl sites for hydroxylation is 1. The minimum Gasteiger partial charge on any atom is -0.481 e. The molecule has 2 unspecified atom stereocenters. The number of aliphatic hydroxyl groups is 1. The van der Waals surface area contributed by atoms with Gasteiger partial charge in [0, 0.05) is 19.2 Å². The van der Waals surface area contributed by atoms with Crippen molar-refractivity contribution < 1.29 is 24.9 Å². The molecule has 1 aromatic heterocycles. The summed E-state index contributed by atoms with van der Waals surface area (Å²) in [5.74, 6) is -1.78. The molecule has 35 heavy (non-hydrogen) atoms. The Labute approximate surface area is 215 Å². The molecule has 0 saturated carbocycles. The van der Waals surface area contributed by atoms with Gasteiger partial charge >= 0.3 is 11.9 Å². The molecule has 1 rings (SSSR count). The zero-order valence-corrected chi connectivity index (χ0v) is 22.7. The number of carboxylic acid groups (broad SMARTS) is 2. The Hall–Kier alpha value is -1.80. The molecule has 0 amide bonds. The predicted octanol–water partition coefficient (Wildman–Crippen LogP) is 6.30. The van der Waals surface area contributed by atoms with Crippen LogP contribution in [0.3, 0.4) is 0 Å². The maximum absolute atomic E-state index is 11.0. The Kier molecular flexibility index (Phi) is 16.5. The van der Waals surface area contributed by atoms with Crippen molar-refractivity contribution in [1.82, 2.24) is 9.55 Å². The van der Waals surface area contributed by atoms with E-state index in [-0.39, 0.29) is 24.5 Å². The number of thioether (sulfide) groups is 1. The fourth-order valence-corrected chi connectivity index (χ4v) is 5.29. The Morgan fingerprint density at radius 1 is 0.971 bits per heavy atom. The van der Waals surface area contributed by atoms with Gasteiger partial charge in [-0.25, -0.2) is 4.98 Å². The second-order valence-electron chi connectivity index (χ2n) is 9.36. The molecular weight excluding hydrogens is 464 g/mol. The van der Waals surface area contributed by atoms with Gasteiger partial charge in [0.15, 0.2) is 5.16 Å². The summed E-state index contributed by atoms with van der Waals surface area (Å²) in [5.41, 5.74) is 1.65. The molecule has 0 aliphatic rings. The maximum atomic E-state index is 11.0. The molecule has 3 N–H and O–H groups in total. The molecule has 1 heterocycles. The van der Waals surface area contributed by atoms with Gasteiger partial charge in [0.05, 0.1) is 23.5 Å². The van der Waals surface area contributed by atoms with Gasteiger partial charge in [0.2, 0.25) is 0 Å². The summed E-state index contributed by atoms with van der Waals surface area (Å²) in [7, 11) is 1.85. The highest BCUT2D eigenvalue weighted by Gasteiger charge is 2.22. The third kappa shape index (κ3) is 13.8. The topological polar surface area (TPSA) is 113 Å². The van der Waals surface area contributed by atoms with Crippen molar-refractivity contribution in [3.63, 3.8) is 0 Å². The summed E-state index contributed by atoms with van der Waals surface area (Å²) < 4.78 is 1.88. The first-order chi connectivity index (χ1) is 16.8. The Morgan fingerprint density at radius 2 is 1.54 bits per heavy atom. The summed E-state index contributed by atoms with van der Waals surface area (Å²) in [5, 5.41) is 29.1. The van der Waals surface area contributed by atoms with Gasteiger partial charge in [0.1, 0.15) is 0 Å². The largest absolute Gasteiger partial charge is 0.481 e. The molecule has 7 nitrogen and oxygen atoms in total. The van der Waals surface area contributed by atoms with Crippen molar-refractivity contribution in [3.05, 3.63) is 23.5 Å². The van der Waals surface area contributed by atoms with Crippen LogP contribution in [0, 0.1) is 6.92 Å². The molecule has 2 atom stereocenters. The van der Waals surface area contributed by atoms with E-state index >= 15 is 0 Å². The van der Waals surface area contributed by atoms with Gasteiger partial charge in [-0.05, 0) is 32.6 Å². The number of unbranched alkanes of at least 4 members (excludes halogenated alkanes) is 10. The maximum Gasteiger partial charge on any atom is 0.303 e. The molecule has 0 spiro atoms. The van der Waals surface area contributed by atoms with Crippen molar-refractivity contribution in [2.75, 3.05) is 0 Å². The van der Waals surface area contributed by atoms with Crippen LogP contribution < -0.4 is 0 Å². The van der Waals surface area contributed by atoms with E-state index in [4.69, 9.17) is 10.2 Å². The summed E-state index contributed by atoms with van der Waals surface area (Å²) >= 11 is 1.40. The average molecular weight is 511 g/mol. The smallest absolute Gasteiger partial charge is 0.303 e.